The molecule has 1 heterocycles. The molecule has 0 radical (unpaired) electrons. The molecule has 0 spiro atoms. The summed E-state index contributed by atoms with van der Waals surface area (Å²) >= 11 is 0. The van der Waals surface area contributed by atoms with Crippen LogP contribution in [0.2, 0.25) is 0 Å². The maximum atomic E-state index is 11.7. The van der Waals surface area contributed by atoms with Crippen LogP contribution >= 0.6 is 12.4 Å². The third kappa shape index (κ3) is 3.09. The molecule has 16 heavy (non-hydrogen) atoms. The van der Waals surface area contributed by atoms with Gasteiger partial charge in [-0.3, -0.25) is 4.79 Å². The number of nitrogens with one attached hydrogen (secondary N) is 2. The first-order chi connectivity index (χ1) is 7.31. The van der Waals surface area contributed by atoms with Crippen molar-refractivity contribution >= 4 is 18.3 Å². The van der Waals surface area contributed by atoms with Gasteiger partial charge in [-0.15, -0.1) is 12.4 Å². The summed E-state index contributed by atoms with van der Waals surface area (Å²) in [6.45, 7) is 4.43. The van der Waals surface area contributed by atoms with Crippen molar-refractivity contribution in [2.24, 2.45) is 5.92 Å². The van der Waals surface area contributed by atoms with Crippen LogP contribution in [0.25, 0.3) is 0 Å². The number of ether oxygens (including phenoxy) is 1. The molecule has 0 unspecified atom stereocenters. The van der Waals surface area contributed by atoms with E-state index in [0.29, 0.717) is 12.1 Å². The average Bonchev–Trinajstić information content (AvgIpc) is 2.29. The number of amides is 1. The largest absolute Gasteiger partial charge is 0.375 e. The third-order valence-electron chi connectivity index (χ3n) is 3.35. The normalized spacial score (nSPS) is 33.4. The molecule has 1 aliphatic heterocycles. The van der Waals surface area contributed by atoms with Crippen LogP contribution in [0.4, 0.5) is 0 Å². The molecule has 0 aromatic heterocycles. The Morgan fingerprint density at radius 3 is 3.06 bits per heavy atom. The van der Waals surface area contributed by atoms with Crippen molar-refractivity contribution < 1.29 is 9.53 Å². The van der Waals surface area contributed by atoms with Gasteiger partial charge in [-0.25, -0.2) is 0 Å². The molecule has 1 aliphatic carbocycles. The van der Waals surface area contributed by atoms with E-state index in [1.54, 1.807) is 0 Å². The summed E-state index contributed by atoms with van der Waals surface area (Å²) in [5.74, 6) is 0.392. The number of halogens is 1. The number of rotatable bonds is 2. The van der Waals surface area contributed by atoms with Gasteiger partial charge in [0, 0.05) is 25.0 Å². The van der Waals surface area contributed by atoms with Gasteiger partial charge >= 0.3 is 0 Å². The lowest BCUT2D eigenvalue weighted by atomic mass is 9.82. The van der Waals surface area contributed by atoms with Crippen LogP contribution in [0.1, 0.15) is 26.2 Å². The smallest absolute Gasteiger partial charge is 0.223 e. The van der Waals surface area contributed by atoms with E-state index in [2.05, 4.69) is 10.6 Å². The Morgan fingerprint density at radius 1 is 1.50 bits per heavy atom. The van der Waals surface area contributed by atoms with Gasteiger partial charge in [-0.1, -0.05) is 0 Å². The third-order valence-corrected chi connectivity index (χ3v) is 3.35. The Kier molecular flexibility index (Phi) is 5.52. The van der Waals surface area contributed by atoms with E-state index in [4.69, 9.17) is 4.74 Å². The molecule has 4 nitrogen and oxygen atoms in total. The minimum absolute atomic E-state index is 0. The fourth-order valence-electron chi connectivity index (χ4n) is 2.57. The number of morpholine rings is 1. The highest BCUT2D eigenvalue weighted by molar-refractivity contribution is 5.85. The van der Waals surface area contributed by atoms with Crippen LogP contribution in [0, 0.1) is 5.92 Å². The topological polar surface area (TPSA) is 50.4 Å². The van der Waals surface area contributed by atoms with Crippen molar-refractivity contribution in [2.75, 3.05) is 19.7 Å². The van der Waals surface area contributed by atoms with Gasteiger partial charge in [0.15, 0.2) is 0 Å². The van der Waals surface area contributed by atoms with Gasteiger partial charge in [0.05, 0.1) is 12.7 Å². The molecule has 2 fully saturated rings. The molecule has 2 rings (SSSR count). The highest BCUT2D eigenvalue weighted by atomic mass is 35.5. The Morgan fingerprint density at radius 2 is 2.31 bits per heavy atom. The molecule has 1 amide bonds. The summed E-state index contributed by atoms with van der Waals surface area (Å²) in [5.41, 5.74) is 0. The summed E-state index contributed by atoms with van der Waals surface area (Å²) < 4.78 is 5.68. The Hall–Kier alpha value is -0.320. The van der Waals surface area contributed by atoms with Crippen molar-refractivity contribution in [1.29, 1.82) is 0 Å². The van der Waals surface area contributed by atoms with Crippen LogP contribution in [0.3, 0.4) is 0 Å². The first kappa shape index (κ1) is 13.7. The lowest BCUT2D eigenvalue weighted by molar-refractivity contribution is -0.128. The molecular weight excluding hydrogens is 228 g/mol. The second kappa shape index (κ2) is 6.42. The molecule has 1 saturated heterocycles. The first-order valence-corrected chi connectivity index (χ1v) is 5.94. The molecule has 1 saturated carbocycles. The maximum absolute atomic E-state index is 11.7. The van der Waals surface area contributed by atoms with Crippen LogP contribution in [-0.4, -0.2) is 37.7 Å². The Labute approximate surface area is 103 Å². The zero-order valence-electron chi connectivity index (χ0n) is 9.70. The fourth-order valence-corrected chi connectivity index (χ4v) is 2.57. The van der Waals surface area contributed by atoms with E-state index in [1.807, 2.05) is 6.92 Å². The number of fused-ring (bicyclic) bond motifs is 1. The zero-order valence-corrected chi connectivity index (χ0v) is 10.5. The summed E-state index contributed by atoms with van der Waals surface area (Å²) in [4.78, 5) is 11.7. The van der Waals surface area contributed by atoms with E-state index in [-0.39, 0.29) is 24.2 Å². The van der Waals surface area contributed by atoms with Crippen molar-refractivity contribution in [1.82, 2.24) is 10.6 Å². The van der Waals surface area contributed by atoms with Gasteiger partial charge in [0.1, 0.15) is 0 Å². The predicted octanol–water partition coefficient (Wildman–Crippen LogP) is 0.701. The second-order valence-corrected chi connectivity index (χ2v) is 4.37. The minimum atomic E-state index is 0. The lowest BCUT2D eigenvalue weighted by Crippen LogP contribution is -2.53. The standard InChI is InChI=1S/C11H20N2O2.ClH/c1-2-12-11(14)8-3-4-10-9(7-8)13-5-6-15-10;/h8-10,13H,2-7H2,1H3,(H,12,14);1H/t8-,9+,10+;/m0./s1. The lowest BCUT2D eigenvalue weighted by Gasteiger charge is -2.39. The van der Waals surface area contributed by atoms with Gasteiger partial charge < -0.3 is 15.4 Å². The quantitative estimate of drug-likeness (QED) is 0.757. The monoisotopic (exact) mass is 248 g/mol. The summed E-state index contributed by atoms with van der Waals surface area (Å²) in [5, 5.41) is 6.35. The fraction of sp³-hybridized carbons (Fsp3) is 0.909. The summed E-state index contributed by atoms with van der Waals surface area (Å²) in [6, 6.07) is 0.389. The molecule has 5 heteroatoms. The van der Waals surface area contributed by atoms with Crippen LogP contribution in [-0.2, 0) is 9.53 Å². The van der Waals surface area contributed by atoms with Gasteiger partial charge in [-0.05, 0) is 26.2 Å². The Balaban J connectivity index is 0.00000128. The second-order valence-electron chi connectivity index (χ2n) is 4.37. The van der Waals surface area contributed by atoms with Crippen LogP contribution < -0.4 is 10.6 Å². The van der Waals surface area contributed by atoms with Gasteiger partial charge in [0.25, 0.3) is 0 Å². The van der Waals surface area contributed by atoms with E-state index in [1.165, 1.54) is 0 Å². The first-order valence-electron chi connectivity index (χ1n) is 5.94. The molecule has 2 N–H and O–H groups in total. The molecule has 94 valence electrons. The number of carbonyl (C=O) groups excluding carboxylic acids is 1. The highest BCUT2D eigenvalue weighted by Gasteiger charge is 2.35. The van der Waals surface area contributed by atoms with Crippen molar-refractivity contribution in [3.8, 4) is 0 Å². The van der Waals surface area contributed by atoms with Crippen molar-refractivity contribution in [3.05, 3.63) is 0 Å². The van der Waals surface area contributed by atoms with Crippen molar-refractivity contribution in [3.63, 3.8) is 0 Å². The SMILES string of the molecule is CCNC(=O)[C@H]1CC[C@H]2OCCN[C@@H]2C1.Cl. The van der Waals surface area contributed by atoms with E-state index >= 15 is 0 Å². The van der Waals surface area contributed by atoms with Crippen LogP contribution in [0.5, 0.6) is 0 Å². The number of hydrogen-bond acceptors (Lipinski definition) is 3. The molecular formula is C11H21ClN2O2. The van der Waals surface area contributed by atoms with E-state index in [0.717, 1.165) is 39.0 Å². The van der Waals surface area contributed by atoms with Crippen LogP contribution in [0.15, 0.2) is 0 Å². The van der Waals surface area contributed by atoms with Crippen molar-refractivity contribution in [2.45, 2.75) is 38.3 Å². The minimum Gasteiger partial charge on any atom is -0.375 e. The van der Waals surface area contributed by atoms with E-state index in [9.17, 15) is 4.79 Å². The molecule has 0 bridgehead atoms. The molecule has 3 atom stereocenters. The molecule has 0 aromatic rings. The average molecular weight is 249 g/mol. The van der Waals surface area contributed by atoms with Gasteiger partial charge in [0.2, 0.25) is 5.91 Å². The molecule has 0 aromatic carbocycles. The molecule has 2 aliphatic rings. The summed E-state index contributed by atoms with van der Waals surface area (Å²) in [7, 11) is 0. The highest BCUT2D eigenvalue weighted by Crippen LogP contribution is 2.28. The number of hydrogen-bond donors (Lipinski definition) is 2. The predicted molar refractivity (Wildman–Crippen MR) is 64.8 cm³/mol. The van der Waals surface area contributed by atoms with E-state index < -0.39 is 0 Å². The summed E-state index contributed by atoms with van der Waals surface area (Å²) in [6.07, 6.45) is 3.24. The zero-order chi connectivity index (χ0) is 10.7. The maximum Gasteiger partial charge on any atom is 0.223 e. The van der Waals surface area contributed by atoms with Gasteiger partial charge in [-0.2, -0.15) is 0 Å². The number of carbonyl (C=O) groups is 1. The Bertz CT molecular complexity index is 238.